The van der Waals surface area contributed by atoms with Crippen molar-refractivity contribution in [2.45, 2.75) is 12.8 Å². The average Bonchev–Trinajstić information content (AvgIpc) is 2.69. The van der Waals surface area contributed by atoms with E-state index in [9.17, 15) is 0 Å². The van der Waals surface area contributed by atoms with Gasteiger partial charge in [0, 0.05) is 19.3 Å². The molecule has 0 spiro atoms. The lowest BCUT2D eigenvalue weighted by Gasteiger charge is -2.22. The molecule has 1 fully saturated rings. The van der Waals surface area contributed by atoms with Gasteiger partial charge in [-0.3, -0.25) is 5.10 Å². The molecule has 4 heteroatoms. The predicted octanol–water partition coefficient (Wildman–Crippen LogP) is 1.25. The highest BCUT2D eigenvalue weighted by Gasteiger charge is 2.13. The molecular formula is C9H15N3O. The van der Waals surface area contributed by atoms with Crippen molar-refractivity contribution in [1.82, 2.24) is 10.2 Å². The van der Waals surface area contributed by atoms with Gasteiger partial charge in [-0.25, -0.2) is 0 Å². The quantitative estimate of drug-likeness (QED) is 0.737. The summed E-state index contributed by atoms with van der Waals surface area (Å²) in [6, 6.07) is 0. The molecule has 1 aromatic rings. The number of hydrogen-bond donors (Lipinski definition) is 2. The van der Waals surface area contributed by atoms with Gasteiger partial charge in [0.25, 0.3) is 0 Å². The van der Waals surface area contributed by atoms with Crippen LogP contribution in [0, 0.1) is 5.92 Å². The number of hydrogen-bond acceptors (Lipinski definition) is 3. The van der Waals surface area contributed by atoms with Crippen molar-refractivity contribution in [1.29, 1.82) is 0 Å². The van der Waals surface area contributed by atoms with Gasteiger partial charge in [-0.2, -0.15) is 5.10 Å². The fourth-order valence-corrected chi connectivity index (χ4v) is 1.58. The number of nitrogens with one attached hydrogen (secondary N) is 2. The van der Waals surface area contributed by atoms with E-state index in [4.69, 9.17) is 4.74 Å². The summed E-state index contributed by atoms with van der Waals surface area (Å²) in [4.78, 5) is 0. The average molecular weight is 181 g/mol. The molecule has 0 bridgehead atoms. The van der Waals surface area contributed by atoms with Gasteiger partial charge in [0.1, 0.15) is 0 Å². The molecule has 0 saturated carbocycles. The number of H-pyrrole nitrogens is 1. The lowest BCUT2D eigenvalue weighted by Crippen LogP contribution is -2.24. The van der Waals surface area contributed by atoms with Crippen molar-refractivity contribution in [3.8, 4) is 0 Å². The summed E-state index contributed by atoms with van der Waals surface area (Å²) in [5.74, 6) is 0.656. The SMILES string of the molecule is c1n[nH]cc1NCC1CCCOC1. The Hall–Kier alpha value is -1.03. The Balaban J connectivity index is 1.72. The molecule has 1 saturated heterocycles. The zero-order valence-corrected chi connectivity index (χ0v) is 7.62. The second-order valence-corrected chi connectivity index (χ2v) is 3.45. The van der Waals surface area contributed by atoms with E-state index in [1.165, 1.54) is 12.8 Å². The lowest BCUT2D eigenvalue weighted by atomic mass is 10.0. The molecule has 0 amide bonds. The van der Waals surface area contributed by atoms with Crippen molar-refractivity contribution in [3.63, 3.8) is 0 Å². The maximum Gasteiger partial charge on any atom is 0.0723 e. The van der Waals surface area contributed by atoms with Crippen LogP contribution in [0.5, 0.6) is 0 Å². The van der Waals surface area contributed by atoms with Crippen LogP contribution in [0.3, 0.4) is 0 Å². The Morgan fingerprint density at radius 2 is 2.69 bits per heavy atom. The van der Waals surface area contributed by atoms with E-state index in [-0.39, 0.29) is 0 Å². The molecule has 1 aromatic heterocycles. The van der Waals surface area contributed by atoms with E-state index < -0.39 is 0 Å². The van der Waals surface area contributed by atoms with E-state index in [1.807, 2.05) is 6.20 Å². The summed E-state index contributed by atoms with van der Waals surface area (Å²) < 4.78 is 5.39. The standard InChI is InChI=1S/C9H15N3O/c1-2-8(7-13-3-1)4-10-9-5-11-12-6-9/h5-6,8,10H,1-4,7H2,(H,11,12). The molecule has 2 rings (SSSR count). The highest BCUT2D eigenvalue weighted by molar-refractivity contribution is 5.37. The topological polar surface area (TPSA) is 49.9 Å². The minimum atomic E-state index is 0.656. The van der Waals surface area contributed by atoms with Crippen LogP contribution in [0.4, 0.5) is 5.69 Å². The number of ether oxygens (including phenoxy) is 1. The number of aromatic amines is 1. The second-order valence-electron chi connectivity index (χ2n) is 3.45. The molecule has 0 aliphatic carbocycles. The zero-order valence-electron chi connectivity index (χ0n) is 7.62. The second kappa shape index (κ2) is 4.28. The fourth-order valence-electron chi connectivity index (χ4n) is 1.58. The Morgan fingerprint density at radius 1 is 1.69 bits per heavy atom. The Bertz CT molecular complexity index is 229. The van der Waals surface area contributed by atoms with Crippen LogP contribution in [-0.4, -0.2) is 30.0 Å². The minimum absolute atomic E-state index is 0.656. The van der Waals surface area contributed by atoms with Gasteiger partial charge in [-0.05, 0) is 18.8 Å². The molecular weight excluding hydrogens is 166 g/mol. The summed E-state index contributed by atoms with van der Waals surface area (Å²) in [6.07, 6.45) is 6.12. The van der Waals surface area contributed by atoms with Crippen molar-refractivity contribution < 1.29 is 4.74 Å². The lowest BCUT2D eigenvalue weighted by molar-refractivity contribution is 0.0595. The first-order valence-electron chi connectivity index (χ1n) is 4.75. The first kappa shape index (κ1) is 8.56. The summed E-state index contributed by atoms with van der Waals surface area (Å²) in [6.45, 7) is 2.81. The van der Waals surface area contributed by atoms with Crippen molar-refractivity contribution in [2.24, 2.45) is 5.92 Å². The van der Waals surface area contributed by atoms with Crippen LogP contribution in [0.2, 0.25) is 0 Å². The Labute approximate surface area is 77.7 Å². The smallest absolute Gasteiger partial charge is 0.0723 e. The summed E-state index contributed by atoms with van der Waals surface area (Å²) in [5, 5.41) is 9.96. The van der Waals surface area contributed by atoms with Crippen molar-refractivity contribution >= 4 is 5.69 Å². The highest BCUT2D eigenvalue weighted by Crippen LogP contribution is 2.14. The third-order valence-electron chi connectivity index (χ3n) is 2.35. The van der Waals surface area contributed by atoms with Crippen molar-refractivity contribution in [2.75, 3.05) is 25.1 Å². The van der Waals surface area contributed by atoms with Crippen LogP contribution in [-0.2, 0) is 4.74 Å². The van der Waals surface area contributed by atoms with Gasteiger partial charge in [0.15, 0.2) is 0 Å². The normalized spacial score (nSPS) is 22.9. The molecule has 0 radical (unpaired) electrons. The number of anilines is 1. The molecule has 72 valence electrons. The molecule has 1 unspecified atom stereocenters. The van der Waals surface area contributed by atoms with E-state index in [2.05, 4.69) is 15.5 Å². The third-order valence-corrected chi connectivity index (χ3v) is 2.35. The van der Waals surface area contributed by atoms with E-state index in [1.54, 1.807) is 6.20 Å². The third kappa shape index (κ3) is 2.45. The molecule has 2 N–H and O–H groups in total. The predicted molar refractivity (Wildman–Crippen MR) is 50.6 cm³/mol. The summed E-state index contributed by atoms with van der Waals surface area (Å²) >= 11 is 0. The van der Waals surface area contributed by atoms with Crippen LogP contribution in [0.25, 0.3) is 0 Å². The molecule has 1 atom stereocenters. The molecule has 1 aliphatic heterocycles. The van der Waals surface area contributed by atoms with Crippen LogP contribution < -0.4 is 5.32 Å². The Morgan fingerprint density at radius 3 is 3.38 bits per heavy atom. The molecule has 13 heavy (non-hydrogen) atoms. The first-order chi connectivity index (χ1) is 6.45. The largest absolute Gasteiger partial charge is 0.382 e. The fraction of sp³-hybridized carbons (Fsp3) is 0.667. The molecule has 4 nitrogen and oxygen atoms in total. The number of nitrogens with zero attached hydrogens (tertiary/aromatic N) is 1. The minimum Gasteiger partial charge on any atom is -0.382 e. The van der Waals surface area contributed by atoms with Crippen molar-refractivity contribution in [3.05, 3.63) is 12.4 Å². The summed E-state index contributed by atoms with van der Waals surface area (Å²) in [7, 11) is 0. The number of aromatic nitrogens is 2. The van der Waals surface area contributed by atoms with Gasteiger partial charge >= 0.3 is 0 Å². The molecule has 0 aromatic carbocycles. The first-order valence-corrected chi connectivity index (χ1v) is 4.75. The highest BCUT2D eigenvalue weighted by atomic mass is 16.5. The van der Waals surface area contributed by atoms with Crippen LogP contribution in [0.15, 0.2) is 12.4 Å². The molecule has 2 heterocycles. The van der Waals surface area contributed by atoms with Crippen LogP contribution >= 0.6 is 0 Å². The van der Waals surface area contributed by atoms with E-state index in [0.717, 1.165) is 25.4 Å². The van der Waals surface area contributed by atoms with Gasteiger partial charge in [0.2, 0.25) is 0 Å². The number of rotatable bonds is 3. The molecule has 1 aliphatic rings. The van der Waals surface area contributed by atoms with Gasteiger partial charge < -0.3 is 10.1 Å². The van der Waals surface area contributed by atoms with E-state index in [0.29, 0.717) is 5.92 Å². The van der Waals surface area contributed by atoms with Crippen LogP contribution in [0.1, 0.15) is 12.8 Å². The van der Waals surface area contributed by atoms with Gasteiger partial charge in [-0.1, -0.05) is 0 Å². The van der Waals surface area contributed by atoms with E-state index >= 15 is 0 Å². The summed E-state index contributed by atoms with van der Waals surface area (Å²) in [5.41, 5.74) is 1.06. The van der Waals surface area contributed by atoms with Gasteiger partial charge in [0.05, 0.1) is 18.5 Å². The maximum absolute atomic E-state index is 5.39. The Kier molecular flexibility index (Phi) is 2.82. The monoisotopic (exact) mass is 181 g/mol. The zero-order chi connectivity index (χ0) is 8.93. The van der Waals surface area contributed by atoms with Gasteiger partial charge in [-0.15, -0.1) is 0 Å². The maximum atomic E-state index is 5.39.